The SMILES string of the molecule is C=CC(=O)OCC(C=O)OC(=O)C=C. The van der Waals surface area contributed by atoms with Gasteiger partial charge in [0.05, 0.1) is 0 Å². The lowest BCUT2D eigenvalue weighted by Gasteiger charge is -2.09. The molecule has 0 spiro atoms. The normalized spacial score (nSPS) is 10.9. The maximum absolute atomic E-state index is 10.6. The topological polar surface area (TPSA) is 69.7 Å². The molecule has 0 fully saturated rings. The van der Waals surface area contributed by atoms with Crippen molar-refractivity contribution in [2.45, 2.75) is 6.10 Å². The molecule has 0 heterocycles. The van der Waals surface area contributed by atoms with Crippen LogP contribution in [-0.2, 0) is 23.9 Å². The maximum Gasteiger partial charge on any atom is 0.330 e. The van der Waals surface area contributed by atoms with Crippen LogP contribution < -0.4 is 0 Å². The van der Waals surface area contributed by atoms with Crippen molar-refractivity contribution in [1.29, 1.82) is 0 Å². The summed E-state index contributed by atoms with van der Waals surface area (Å²) in [5.41, 5.74) is 0. The molecule has 14 heavy (non-hydrogen) atoms. The van der Waals surface area contributed by atoms with E-state index >= 15 is 0 Å². The quantitative estimate of drug-likeness (QED) is 0.341. The van der Waals surface area contributed by atoms with Crippen LogP contribution in [0, 0.1) is 0 Å². The number of aldehydes is 1. The monoisotopic (exact) mass is 198 g/mol. The van der Waals surface area contributed by atoms with Crippen LogP contribution in [0.3, 0.4) is 0 Å². The van der Waals surface area contributed by atoms with Crippen molar-refractivity contribution in [3.05, 3.63) is 25.3 Å². The van der Waals surface area contributed by atoms with Gasteiger partial charge in [0.2, 0.25) is 0 Å². The van der Waals surface area contributed by atoms with E-state index in [2.05, 4.69) is 22.6 Å². The highest BCUT2D eigenvalue weighted by atomic mass is 16.6. The molecule has 5 heteroatoms. The smallest absolute Gasteiger partial charge is 0.330 e. The molecule has 0 N–H and O–H groups in total. The van der Waals surface area contributed by atoms with Gasteiger partial charge in [-0.1, -0.05) is 13.2 Å². The molecule has 0 saturated carbocycles. The van der Waals surface area contributed by atoms with Gasteiger partial charge < -0.3 is 9.47 Å². The molecule has 5 nitrogen and oxygen atoms in total. The molecule has 0 aliphatic carbocycles. The molecule has 0 aromatic heterocycles. The minimum atomic E-state index is -1.11. The Morgan fingerprint density at radius 2 is 1.79 bits per heavy atom. The third kappa shape index (κ3) is 4.87. The summed E-state index contributed by atoms with van der Waals surface area (Å²) in [4.78, 5) is 31.5. The summed E-state index contributed by atoms with van der Waals surface area (Å²) in [6.45, 7) is 5.97. The highest BCUT2D eigenvalue weighted by molar-refractivity contribution is 5.83. The minimum Gasteiger partial charge on any atom is -0.458 e. The second kappa shape index (κ2) is 6.59. The first kappa shape index (κ1) is 12.1. The molecule has 0 rings (SSSR count). The average Bonchev–Trinajstić information content (AvgIpc) is 2.22. The van der Waals surface area contributed by atoms with E-state index in [1.54, 1.807) is 0 Å². The predicted octanol–water partition coefficient (Wildman–Crippen LogP) is 0.0123. The van der Waals surface area contributed by atoms with Gasteiger partial charge >= 0.3 is 11.9 Å². The van der Waals surface area contributed by atoms with Gasteiger partial charge in [0.1, 0.15) is 6.61 Å². The summed E-state index contributed by atoms with van der Waals surface area (Å²) in [6.07, 6.45) is 1.10. The van der Waals surface area contributed by atoms with Crippen LogP contribution >= 0.6 is 0 Å². The molecule has 0 aromatic carbocycles. The van der Waals surface area contributed by atoms with Crippen molar-refractivity contribution in [2.75, 3.05) is 6.61 Å². The van der Waals surface area contributed by atoms with Crippen LogP contribution in [0.5, 0.6) is 0 Å². The number of esters is 2. The summed E-state index contributed by atoms with van der Waals surface area (Å²) in [5, 5.41) is 0. The van der Waals surface area contributed by atoms with E-state index in [0.29, 0.717) is 6.29 Å². The number of hydrogen-bond acceptors (Lipinski definition) is 5. The van der Waals surface area contributed by atoms with Crippen LogP contribution in [0.25, 0.3) is 0 Å². The van der Waals surface area contributed by atoms with Gasteiger partial charge in [-0.15, -0.1) is 0 Å². The van der Waals surface area contributed by atoms with Crippen LogP contribution in [0.2, 0.25) is 0 Å². The molecule has 0 amide bonds. The molecule has 76 valence electrons. The van der Waals surface area contributed by atoms with Gasteiger partial charge in [0.25, 0.3) is 0 Å². The highest BCUT2D eigenvalue weighted by Gasteiger charge is 2.12. The van der Waals surface area contributed by atoms with Crippen molar-refractivity contribution >= 4 is 18.2 Å². The van der Waals surface area contributed by atoms with Crippen LogP contribution in [0.1, 0.15) is 0 Å². The Balaban J connectivity index is 3.96. The number of carbonyl (C=O) groups is 3. The Labute approximate surface area is 81.0 Å². The Morgan fingerprint density at radius 3 is 2.21 bits per heavy atom. The van der Waals surface area contributed by atoms with E-state index in [1.165, 1.54) is 0 Å². The number of hydrogen-bond donors (Lipinski definition) is 0. The van der Waals surface area contributed by atoms with Gasteiger partial charge in [-0.25, -0.2) is 9.59 Å². The van der Waals surface area contributed by atoms with E-state index in [-0.39, 0.29) is 6.61 Å². The van der Waals surface area contributed by atoms with Gasteiger partial charge in [-0.3, -0.25) is 4.79 Å². The number of carbonyl (C=O) groups excluding carboxylic acids is 3. The van der Waals surface area contributed by atoms with E-state index in [1.807, 2.05) is 0 Å². The first-order valence-corrected chi connectivity index (χ1v) is 3.71. The summed E-state index contributed by atoms with van der Waals surface area (Å²) in [5.74, 6) is -1.44. The third-order valence-electron chi connectivity index (χ3n) is 1.14. The number of ether oxygens (including phenoxy) is 2. The summed E-state index contributed by atoms with van der Waals surface area (Å²) in [7, 11) is 0. The molecule has 0 aliphatic heterocycles. The Bertz CT molecular complexity index is 256. The average molecular weight is 198 g/mol. The third-order valence-corrected chi connectivity index (χ3v) is 1.14. The lowest BCUT2D eigenvalue weighted by atomic mass is 10.4. The zero-order valence-electron chi connectivity index (χ0n) is 7.47. The Hall–Kier alpha value is -1.91. The summed E-state index contributed by atoms with van der Waals surface area (Å²) < 4.78 is 9.00. The molecule has 1 unspecified atom stereocenters. The predicted molar refractivity (Wildman–Crippen MR) is 47.3 cm³/mol. The largest absolute Gasteiger partial charge is 0.458 e. The molecule has 0 radical (unpaired) electrons. The van der Waals surface area contributed by atoms with Gasteiger partial charge in [0.15, 0.2) is 12.4 Å². The highest BCUT2D eigenvalue weighted by Crippen LogP contribution is 1.92. The lowest BCUT2D eigenvalue weighted by Crippen LogP contribution is -2.25. The van der Waals surface area contributed by atoms with Crippen LogP contribution in [0.15, 0.2) is 25.3 Å². The second-order valence-corrected chi connectivity index (χ2v) is 2.15. The molecular formula is C9H10O5. The van der Waals surface area contributed by atoms with Crippen molar-refractivity contribution < 1.29 is 23.9 Å². The Morgan fingerprint density at radius 1 is 1.21 bits per heavy atom. The fourth-order valence-electron chi connectivity index (χ4n) is 0.522. The van der Waals surface area contributed by atoms with E-state index in [9.17, 15) is 14.4 Å². The van der Waals surface area contributed by atoms with Crippen LogP contribution in [0.4, 0.5) is 0 Å². The van der Waals surface area contributed by atoms with Gasteiger partial charge in [-0.2, -0.15) is 0 Å². The molecular weight excluding hydrogens is 188 g/mol. The van der Waals surface area contributed by atoms with E-state index in [4.69, 9.17) is 0 Å². The molecule has 0 bridgehead atoms. The number of rotatable bonds is 6. The fourth-order valence-corrected chi connectivity index (χ4v) is 0.522. The van der Waals surface area contributed by atoms with Gasteiger partial charge in [-0.05, 0) is 0 Å². The van der Waals surface area contributed by atoms with Crippen molar-refractivity contribution in [1.82, 2.24) is 0 Å². The zero-order chi connectivity index (χ0) is 11.0. The molecule has 0 saturated heterocycles. The summed E-state index contributed by atoms with van der Waals surface area (Å²) in [6, 6.07) is 0. The van der Waals surface area contributed by atoms with Crippen LogP contribution in [-0.4, -0.2) is 30.9 Å². The summed E-state index contributed by atoms with van der Waals surface area (Å²) >= 11 is 0. The maximum atomic E-state index is 10.6. The standard InChI is InChI=1S/C9H10O5/c1-3-8(11)13-6-7(5-10)14-9(12)4-2/h3-5,7H,1-2,6H2. The fraction of sp³-hybridized carbons (Fsp3) is 0.222. The lowest BCUT2D eigenvalue weighted by molar-refractivity contribution is -0.154. The van der Waals surface area contributed by atoms with Gasteiger partial charge in [0, 0.05) is 12.2 Å². The zero-order valence-corrected chi connectivity index (χ0v) is 7.47. The first-order valence-electron chi connectivity index (χ1n) is 3.71. The van der Waals surface area contributed by atoms with E-state index in [0.717, 1.165) is 12.2 Å². The minimum absolute atomic E-state index is 0.325. The van der Waals surface area contributed by atoms with Crippen molar-refractivity contribution in [2.24, 2.45) is 0 Å². The molecule has 0 aliphatic rings. The molecule has 0 aromatic rings. The molecule has 1 atom stereocenters. The van der Waals surface area contributed by atoms with Crippen molar-refractivity contribution in [3.8, 4) is 0 Å². The second-order valence-electron chi connectivity index (χ2n) is 2.15. The first-order chi connectivity index (χ1) is 6.63. The van der Waals surface area contributed by atoms with Crippen molar-refractivity contribution in [3.63, 3.8) is 0 Å². The Kier molecular flexibility index (Phi) is 5.69. The van der Waals surface area contributed by atoms with E-state index < -0.39 is 18.0 Å².